The molecule has 22 heavy (non-hydrogen) atoms. The Kier molecular flexibility index (Phi) is 3.17. The van der Waals surface area contributed by atoms with Gasteiger partial charge in [-0.25, -0.2) is 9.97 Å². The standard InChI is InChI=1S/C17H14ClN3S/c1-10(2)21-13-8-5-6-11(15(13)20-17(21)18)16-19-12-7-3-4-9-14(12)22-16/h3-10H,1-2H3. The first kappa shape index (κ1) is 13.7. The summed E-state index contributed by atoms with van der Waals surface area (Å²) in [4.78, 5) is 9.32. The lowest BCUT2D eigenvalue weighted by Gasteiger charge is -2.09. The van der Waals surface area contributed by atoms with Crippen LogP contribution in [0.4, 0.5) is 0 Å². The Morgan fingerprint density at radius 3 is 2.64 bits per heavy atom. The molecule has 0 amide bonds. The highest BCUT2D eigenvalue weighted by atomic mass is 35.5. The van der Waals surface area contributed by atoms with E-state index in [0.717, 1.165) is 27.1 Å². The number of rotatable bonds is 2. The Bertz CT molecular complexity index is 951. The summed E-state index contributed by atoms with van der Waals surface area (Å²) >= 11 is 8.02. The minimum atomic E-state index is 0.267. The van der Waals surface area contributed by atoms with Crippen LogP contribution in [0.1, 0.15) is 19.9 Å². The summed E-state index contributed by atoms with van der Waals surface area (Å²) in [5, 5.41) is 1.51. The van der Waals surface area contributed by atoms with Crippen molar-refractivity contribution < 1.29 is 0 Å². The molecule has 2 heterocycles. The lowest BCUT2D eigenvalue weighted by molar-refractivity contribution is 0.618. The number of thiazole rings is 1. The average molecular weight is 328 g/mol. The summed E-state index contributed by atoms with van der Waals surface area (Å²) in [5.41, 5.74) is 4.03. The number of imidazole rings is 1. The van der Waals surface area contributed by atoms with Gasteiger partial charge in [0.25, 0.3) is 0 Å². The van der Waals surface area contributed by atoms with Gasteiger partial charge in [0.05, 0.1) is 15.7 Å². The molecule has 3 nitrogen and oxygen atoms in total. The molecule has 0 aliphatic rings. The van der Waals surface area contributed by atoms with Crippen LogP contribution in [0.2, 0.25) is 5.28 Å². The van der Waals surface area contributed by atoms with Gasteiger partial charge in [-0.3, -0.25) is 0 Å². The van der Waals surface area contributed by atoms with E-state index in [1.54, 1.807) is 11.3 Å². The minimum absolute atomic E-state index is 0.267. The molecule has 0 bridgehead atoms. The largest absolute Gasteiger partial charge is 0.312 e. The number of hydrogen-bond donors (Lipinski definition) is 0. The molecule has 0 unspecified atom stereocenters. The van der Waals surface area contributed by atoms with Gasteiger partial charge in [-0.05, 0) is 49.7 Å². The molecule has 0 saturated heterocycles. The summed E-state index contributed by atoms with van der Waals surface area (Å²) in [7, 11) is 0. The van der Waals surface area contributed by atoms with Gasteiger partial charge in [0.1, 0.15) is 10.5 Å². The Morgan fingerprint density at radius 2 is 1.86 bits per heavy atom. The molecular weight excluding hydrogens is 314 g/mol. The highest BCUT2D eigenvalue weighted by molar-refractivity contribution is 7.21. The van der Waals surface area contributed by atoms with Gasteiger partial charge in [-0.15, -0.1) is 11.3 Å². The van der Waals surface area contributed by atoms with Crippen molar-refractivity contribution in [3.05, 3.63) is 47.7 Å². The van der Waals surface area contributed by atoms with Crippen molar-refractivity contribution in [1.29, 1.82) is 0 Å². The van der Waals surface area contributed by atoms with E-state index in [-0.39, 0.29) is 6.04 Å². The Balaban J connectivity index is 2.00. The van der Waals surface area contributed by atoms with Gasteiger partial charge in [-0.2, -0.15) is 0 Å². The van der Waals surface area contributed by atoms with E-state index in [1.165, 1.54) is 4.70 Å². The van der Waals surface area contributed by atoms with E-state index < -0.39 is 0 Å². The van der Waals surface area contributed by atoms with Crippen molar-refractivity contribution in [2.24, 2.45) is 0 Å². The van der Waals surface area contributed by atoms with Crippen LogP contribution in [0.5, 0.6) is 0 Å². The fraction of sp³-hybridized carbons (Fsp3) is 0.176. The predicted molar refractivity (Wildman–Crippen MR) is 93.7 cm³/mol. The van der Waals surface area contributed by atoms with E-state index in [0.29, 0.717) is 5.28 Å². The van der Waals surface area contributed by atoms with Crippen LogP contribution >= 0.6 is 22.9 Å². The zero-order chi connectivity index (χ0) is 15.3. The maximum absolute atomic E-state index is 6.34. The fourth-order valence-corrected chi connectivity index (χ4v) is 4.10. The molecule has 0 aliphatic carbocycles. The van der Waals surface area contributed by atoms with Gasteiger partial charge in [0.15, 0.2) is 0 Å². The van der Waals surface area contributed by atoms with Crippen LogP contribution in [0, 0.1) is 0 Å². The summed E-state index contributed by atoms with van der Waals surface area (Å²) in [6, 6.07) is 14.6. The van der Waals surface area contributed by atoms with Crippen molar-refractivity contribution in [2.45, 2.75) is 19.9 Å². The highest BCUT2D eigenvalue weighted by Gasteiger charge is 2.17. The maximum Gasteiger partial charge on any atom is 0.204 e. The summed E-state index contributed by atoms with van der Waals surface area (Å²) in [6.45, 7) is 4.22. The molecule has 2 aromatic carbocycles. The molecule has 0 aliphatic heterocycles. The quantitative estimate of drug-likeness (QED) is 0.483. The fourth-order valence-electron chi connectivity index (χ4n) is 2.74. The van der Waals surface area contributed by atoms with E-state index in [2.05, 4.69) is 37.0 Å². The van der Waals surface area contributed by atoms with Gasteiger partial charge in [0, 0.05) is 11.6 Å². The summed E-state index contributed by atoms with van der Waals surface area (Å²) in [6.07, 6.45) is 0. The number of nitrogens with zero attached hydrogens (tertiary/aromatic N) is 3. The Hall–Kier alpha value is -1.91. The van der Waals surface area contributed by atoms with Crippen LogP contribution in [-0.2, 0) is 0 Å². The lowest BCUT2D eigenvalue weighted by Crippen LogP contribution is -1.99. The molecule has 0 saturated carbocycles. The normalized spacial score (nSPS) is 11.8. The molecule has 0 radical (unpaired) electrons. The van der Waals surface area contributed by atoms with E-state index >= 15 is 0 Å². The second-order valence-corrected chi connectivity index (χ2v) is 6.87. The third-order valence-corrected chi connectivity index (χ3v) is 5.05. The number of hydrogen-bond acceptors (Lipinski definition) is 3. The van der Waals surface area contributed by atoms with E-state index in [9.17, 15) is 0 Å². The smallest absolute Gasteiger partial charge is 0.204 e. The molecule has 0 spiro atoms. The number of para-hydroxylation sites is 2. The zero-order valence-corrected chi connectivity index (χ0v) is 13.8. The number of halogens is 1. The second kappa shape index (κ2) is 5.07. The van der Waals surface area contributed by atoms with Crippen LogP contribution < -0.4 is 0 Å². The molecular formula is C17H14ClN3S. The van der Waals surface area contributed by atoms with Gasteiger partial charge >= 0.3 is 0 Å². The average Bonchev–Trinajstić information content (AvgIpc) is 3.06. The van der Waals surface area contributed by atoms with Crippen LogP contribution in [0.3, 0.4) is 0 Å². The molecule has 0 N–H and O–H groups in total. The van der Waals surface area contributed by atoms with Crippen molar-refractivity contribution in [2.75, 3.05) is 0 Å². The van der Waals surface area contributed by atoms with Gasteiger partial charge < -0.3 is 4.57 Å². The zero-order valence-electron chi connectivity index (χ0n) is 12.2. The second-order valence-electron chi connectivity index (χ2n) is 5.50. The van der Waals surface area contributed by atoms with Crippen LogP contribution in [-0.4, -0.2) is 14.5 Å². The topological polar surface area (TPSA) is 30.7 Å². The first-order valence-electron chi connectivity index (χ1n) is 7.17. The number of aromatic nitrogens is 3. The van der Waals surface area contributed by atoms with Gasteiger partial charge in [-0.1, -0.05) is 18.2 Å². The predicted octanol–water partition coefficient (Wildman–Crippen LogP) is 5.55. The van der Waals surface area contributed by atoms with E-state index in [1.807, 2.05) is 28.8 Å². The number of fused-ring (bicyclic) bond motifs is 2. The summed E-state index contributed by atoms with van der Waals surface area (Å²) in [5.74, 6) is 0. The summed E-state index contributed by atoms with van der Waals surface area (Å²) < 4.78 is 3.23. The molecule has 0 atom stereocenters. The minimum Gasteiger partial charge on any atom is -0.312 e. The van der Waals surface area contributed by atoms with Crippen LogP contribution in [0.15, 0.2) is 42.5 Å². The van der Waals surface area contributed by atoms with Crippen molar-refractivity contribution in [1.82, 2.24) is 14.5 Å². The first-order valence-corrected chi connectivity index (χ1v) is 8.37. The lowest BCUT2D eigenvalue weighted by atomic mass is 10.2. The van der Waals surface area contributed by atoms with Crippen LogP contribution in [0.25, 0.3) is 31.8 Å². The monoisotopic (exact) mass is 327 g/mol. The van der Waals surface area contributed by atoms with Crippen molar-refractivity contribution in [3.8, 4) is 10.6 Å². The number of benzene rings is 2. The Labute approximate surface area is 137 Å². The SMILES string of the molecule is CC(C)n1c(Cl)nc2c(-c3nc4ccccc4s3)cccc21. The van der Waals surface area contributed by atoms with Crippen molar-refractivity contribution >= 4 is 44.2 Å². The third kappa shape index (κ3) is 2.02. The maximum atomic E-state index is 6.34. The molecule has 4 aromatic rings. The molecule has 4 rings (SSSR count). The molecule has 110 valence electrons. The van der Waals surface area contributed by atoms with E-state index in [4.69, 9.17) is 16.6 Å². The highest BCUT2D eigenvalue weighted by Crippen LogP contribution is 2.36. The van der Waals surface area contributed by atoms with Crippen molar-refractivity contribution in [3.63, 3.8) is 0 Å². The molecule has 2 aromatic heterocycles. The third-order valence-electron chi connectivity index (χ3n) is 3.72. The first-order chi connectivity index (χ1) is 10.6. The molecule has 5 heteroatoms. The van der Waals surface area contributed by atoms with Gasteiger partial charge in [0.2, 0.25) is 5.28 Å². The Morgan fingerprint density at radius 1 is 1.05 bits per heavy atom. The molecule has 0 fully saturated rings.